The Balaban J connectivity index is 1.92. The van der Waals surface area contributed by atoms with Gasteiger partial charge in [-0.05, 0) is 42.8 Å². The number of nitrogens with two attached hydrogens (primary N) is 1. The number of nitrogens with zero attached hydrogens (tertiary/aromatic N) is 1. The van der Waals surface area contributed by atoms with Crippen LogP contribution in [0.2, 0.25) is 0 Å². The lowest BCUT2D eigenvalue weighted by Crippen LogP contribution is -2.68. The van der Waals surface area contributed by atoms with Gasteiger partial charge in [-0.2, -0.15) is 0 Å². The lowest BCUT2D eigenvalue weighted by molar-refractivity contribution is -0.160. The molecule has 218 valence electrons. The topological polar surface area (TPSA) is 178 Å². The summed E-state index contributed by atoms with van der Waals surface area (Å²) in [4.78, 5) is 55.1. The van der Waals surface area contributed by atoms with Gasteiger partial charge in [0, 0.05) is 30.3 Å². The number of primary amides is 1. The van der Waals surface area contributed by atoms with Gasteiger partial charge in [-0.15, -0.1) is 0 Å². The van der Waals surface area contributed by atoms with E-state index in [2.05, 4.69) is 0 Å². The number of aromatic hydroxyl groups is 1. The summed E-state index contributed by atoms with van der Waals surface area (Å²) in [5, 5.41) is 45.9. The number of aliphatic hydroxyl groups excluding tert-OH is 2. The molecule has 42 heavy (non-hydrogen) atoms. The summed E-state index contributed by atoms with van der Waals surface area (Å²) < 4.78 is 0. The number of aliphatic hydroxyl groups is 3. The molecular weight excluding hydrogens is 540 g/mol. The van der Waals surface area contributed by atoms with E-state index in [-0.39, 0.29) is 35.5 Å². The van der Waals surface area contributed by atoms with Crippen LogP contribution >= 0.6 is 0 Å². The average Bonchev–Trinajstić information content (AvgIpc) is 2.94. The van der Waals surface area contributed by atoms with Crippen molar-refractivity contribution < 1.29 is 39.6 Å². The van der Waals surface area contributed by atoms with Crippen molar-refractivity contribution in [2.45, 2.75) is 31.4 Å². The molecule has 1 saturated carbocycles. The zero-order valence-electron chi connectivity index (χ0n) is 23.4. The van der Waals surface area contributed by atoms with Gasteiger partial charge in [0.1, 0.15) is 28.6 Å². The highest BCUT2D eigenvalue weighted by atomic mass is 16.3. The second-order valence-electron chi connectivity index (χ2n) is 11.2. The van der Waals surface area contributed by atoms with E-state index in [9.17, 15) is 39.6 Å². The molecule has 10 nitrogen and oxygen atoms in total. The van der Waals surface area contributed by atoms with Crippen LogP contribution in [0, 0.1) is 17.8 Å². The normalized spacial score (nSPS) is 28.1. The Morgan fingerprint density at radius 3 is 2.29 bits per heavy atom. The molecule has 2 aromatic carbocycles. The van der Waals surface area contributed by atoms with Crippen LogP contribution in [-0.4, -0.2) is 74.3 Å². The Hall–Kier alpha value is -4.54. The molecule has 10 heteroatoms. The zero-order valence-corrected chi connectivity index (χ0v) is 23.4. The van der Waals surface area contributed by atoms with Gasteiger partial charge in [0.25, 0.3) is 5.91 Å². The van der Waals surface area contributed by atoms with Gasteiger partial charge in [0.05, 0.1) is 11.6 Å². The second-order valence-corrected chi connectivity index (χ2v) is 11.2. The number of phenolic OH excluding ortho intramolecular Hbond substituents is 1. The summed E-state index contributed by atoms with van der Waals surface area (Å²) in [5.41, 5.74) is 2.83. The third-order valence-electron chi connectivity index (χ3n) is 8.69. The van der Waals surface area contributed by atoms with Crippen molar-refractivity contribution in [3.8, 4) is 5.75 Å². The quantitative estimate of drug-likeness (QED) is 0.325. The van der Waals surface area contributed by atoms with Gasteiger partial charge in [0.15, 0.2) is 11.4 Å². The number of rotatable bonds is 6. The van der Waals surface area contributed by atoms with Crippen molar-refractivity contribution in [1.82, 2.24) is 4.90 Å². The van der Waals surface area contributed by atoms with Gasteiger partial charge in [0.2, 0.25) is 5.78 Å². The summed E-state index contributed by atoms with van der Waals surface area (Å²) in [5.74, 6) is -9.26. The molecule has 3 aliphatic carbocycles. The SMILES string of the molecule is CCC(=O)C[C@@H]1[C@H]2[C@H](N(C)C)C(=O)C(C(N)=O)=C(O)[C@@]2(O)C(=O)C2=C(O)c3c(O)cccc3/C(=C\c3ccccc3)[C@H]21. The number of ketones is 3. The molecule has 1 amide bonds. The summed E-state index contributed by atoms with van der Waals surface area (Å²) in [6, 6.07) is 12.3. The smallest absolute Gasteiger partial charge is 0.255 e. The van der Waals surface area contributed by atoms with E-state index in [1.165, 1.54) is 25.1 Å². The molecule has 0 spiro atoms. The number of benzene rings is 2. The predicted octanol–water partition coefficient (Wildman–Crippen LogP) is 2.56. The summed E-state index contributed by atoms with van der Waals surface area (Å²) in [7, 11) is 3.04. The Morgan fingerprint density at radius 1 is 1.02 bits per heavy atom. The van der Waals surface area contributed by atoms with Gasteiger partial charge >= 0.3 is 0 Å². The van der Waals surface area contributed by atoms with E-state index in [0.717, 1.165) is 5.56 Å². The molecule has 6 N–H and O–H groups in total. The van der Waals surface area contributed by atoms with Crippen molar-refractivity contribution >= 4 is 40.7 Å². The van der Waals surface area contributed by atoms with E-state index in [1.54, 1.807) is 25.1 Å². The van der Waals surface area contributed by atoms with Crippen molar-refractivity contribution in [3.63, 3.8) is 0 Å². The molecule has 2 aromatic rings. The largest absolute Gasteiger partial charge is 0.508 e. The van der Waals surface area contributed by atoms with Crippen LogP contribution in [0.4, 0.5) is 0 Å². The third kappa shape index (κ3) is 4.09. The van der Waals surface area contributed by atoms with E-state index in [0.29, 0.717) is 11.1 Å². The highest BCUT2D eigenvalue weighted by Crippen LogP contribution is 2.59. The highest BCUT2D eigenvalue weighted by molar-refractivity contribution is 6.25. The predicted molar refractivity (Wildman–Crippen MR) is 154 cm³/mol. The van der Waals surface area contributed by atoms with E-state index in [1.807, 2.05) is 30.3 Å². The Labute approximate surface area is 242 Å². The van der Waals surface area contributed by atoms with Crippen molar-refractivity contribution in [2.75, 3.05) is 14.1 Å². The summed E-state index contributed by atoms with van der Waals surface area (Å²) >= 11 is 0. The number of allylic oxidation sites excluding steroid dienone is 1. The van der Waals surface area contributed by atoms with E-state index < -0.39 is 64.0 Å². The highest BCUT2D eigenvalue weighted by Gasteiger charge is 2.68. The first kappa shape index (κ1) is 29.0. The van der Waals surface area contributed by atoms with Crippen LogP contribution in [0.5, 0.6) is 5.75 Å². The molecule has 1 fully saturated rings. The van der Waals surface area contributed by atoms with E-state index in [4.69, 9.17) is 5.73 Å². The molecule has 0 heterocycles. The van der Waals surface area contributed by atoms with Crippen LogP contribution in [0.3, 0.4) is 0 Å². The fourth-order valence-corrected chi connectivity index (χ4v) is 6.89. The number of carbonyl (C=O) groups excluding carboxylic acids is 4. The number of fused-ring (bicyclic) bond motifs is 3. The molecule has 3 aliphatic rings. The molecule has 0 saturated heterocycles. The van der Waals surface area contributed by atoms with Crippen LogP contribution in [0.15, 0.2) is 65.4 Å². The molecular formula is C32H32N2O8. The van der Waals surface area contributed by atoms with E-state index >= 15 is 0 Å². The molecule has 0 bridgehead atoms. The van der Waals surface area contributed by atoms with Gasteiger partial charge in [-0.25, -0.2) is 0 Å². The number of hydrogen-bond donors (Lipinski definition) is 5. The lowest BCUT2D eigenvalue weighted by Gasteiger charge is -2.54. The monoisotopic (exact) mass is 572 g/mol. The first-order chi connectivity index (χ1) is 19.9. The Kier molecular flexibility index (Phi) is 7.16. The molecule has 0 aliphatic heterocycles. The number of amides is 1. The third-order valence-corrected chi connectivity index (χ3v) is 8.69. The summed E-state index contributed by atoms with van der Waals surface area (Å²) in [6.07, 6.45) is 1.66. The lowest BCUT2D eigenvalue weighted by atomic mass is 9.51. The average molecular weight is 573 g/mol. The second kappa shape index (κ2) is 10.4. The zero-order chi connectivity index (χ0) is 30.7. The molecule has 0 aromatic heterocycles. The van der Waals surface area contributed by atoms with Crippen LogP contribution in [0.25, 0.3) is 17.4 Å². The minimum Gasteiger partial charge on any atom is -0.508 e. The molecule has 5 rings (SSSR count). The number of carbonyl (C=O) groups is 4. The van der Waals surface area contributed by atoms with Crippen molar-refractivity contribution in [3.05, 3.63) is 82.1 Å². The van der Waals surface area contributed by atoms with Crippen LogP contribution in [-0.2, 0) is 19.2 Å². The standard InChI is InChI=1S/C32H32N2O8/c1-4-16(35)14-19-21-18(13-15-9-6-5-7-10-15)17-11-8-12-20(36)22(17)27(37)23(21)29(39)32(42)25(19)26(34(2)3)28(38)24(30(32)40)31(33)41/h5-13,19,21,25-26,36-37,40,42H,4,14H2,1-3H3,(H2,33,41)/b18-13+/t19-,21-,25-,26-,32-/m0/s1. The molecule has 0 radical (unpaired) electrons. The first-order valence-corrected chi connectivity index (χ1v) is 13.6. The van der Waals surface area contributed by atoms with Gasteiger partial charge in [-0.1, -0.05) is 55.5 Å². The number of Topliss-reactive ketones (excluding diaryl/α,β-unsaturated/α-hetero) is 3. The van der Waals surface area contributed by atoms with Crippen molar-refractivity contribution in [2.24, 2.45) is 23.5 Å². The summed E-state index contributed by atoms with van der Waals surface area (Å²) in [6.45, 7) is 1.66. The Bertz CT molecular complexity index is 1620. The van der Waals surface area contributed by atoms with Crippen molar-refractivity contribution in [1.29, 1.82) is 0 Å². The maximum absolute atomic E-state index is 14.5. The van der Waals surface area contributed by atoms with Gasteiger partial charge < -0.3 is 26.2 Å². The first-order valence-electron chi connectivity index (χ1n) is 13.6. The maximum atomic E-state index is 14.5. The fourth-order valence-electron chi connectivity index (χ4n) is 6.89. The minimum atomic E-state index is -2.88. The van der Waals surface area contributed by atoms with Gasteiger partial charge in [-0.3, -0.25) is 24.1 Å². The minimum absolute atomic E-state index is 0.0588. The number of hydrogen-bond acceptors (Lipinski definition) is 9. The Morgan fingerprint density at radius 2 is 1.69 bits per heavy atom. The number of likely N-dealkylation sites (N-methyl/N-ethyl adjacent to an activating group) is 1. The molecule has 5 atom stereocenters. The fraction of sp³-hybridized carbons (Fsp3) is 0.312. The maximum Gasteiger partial charge on any atom is 0.255 e. The van der Waals surface area contributed by atoms with Crippen LogP contribution in [0.1, 0.15) is 36.5 Å². The van der Waals surface area contributed by atoms with Crippen LogP contribution < -0.4 is 5.73 Å². The number of phenols is 1. The molecule has 0 unspecified atom stereocenters.